The standard InChI is InChI=1S/C15H16O4S/c1-9-6-12(16)8-13(7-9)20(18,19)15-11(3)5-4-10(2)14(15)17/h4-8,16-17H,1-3H3. The van der Waals surface area contributed by atoms with Crippen molar-refractivity contribution in [2.24, 2.45) is 0 Å². The lowest BCUT2D eigenvalue weighted by atomic mass is 10.1. The molecule has 0 aliphatic rings. The molecule has 106 valence electrons. The molecule has 0 aliphatic carbocycles. The fourth-order valence-electron chi connectivity index (χ4n) is 2.11. The van der Waals surface area contributed by atoms with Gasteiger partial charge in [0.2, 0.25) is 9.84 Å². The third-order valence-electron chi connectivity index (χ3n) is 3.14. The molecule has 0 heterocycles. The van der Waals surface area contributed by atoms with Crippen molar-refractivity contribution in [3.05, 3.63) is 47.0 Å². The molecule has 4 nitrogen and oxygen atoms in total. The summed E-state index contributed by atoms with van der Waals surface area (Å²) < 4.78 is 25.3. The van der Waals surface area contributed by atoms with Gasteiger partial charge in [-0.15, -0.1) is 0 Å². The second-order valence-corrected chi connectivity index (χ2v) is 6.77. The Morgan fingerprint density at radius 2 is 1.50 bits per heavy atom. The highest BCUT2D eigenvalue weighted by atomic mass is 32.2. The quantitative estimate of drug-likeness (QED) is 0.892. The third-order valence-corrected chi connectivity index (χ3v) is 5.05. The first-order valence-electron chi connectivity index (χ1n) is 6.08. The van der Waals surface area contributed by atoms with Gasteiger partial charge in [0.1, 0.15) is 16.4 Å². The Morgan fingerprint density at radius 1 is 0.900 bits per heavy atom. The van der Waals surface area contributed by atoms with Gasteiger partial charge in [0.05, 0.1) is 4.90 Å². The zero-order valence-electron chi connectivity index (χ0n) is 11.5. The molecule has 0 aliphatic heterocycles. The van der Waals surface area contributed by atoms with Crippen molar-refractivity contribution in [3.8, 4) is 11.5 Å². The SMILES string of the molecule is Cc1cc(O)cc(S(=O)(=O)c2c(C)ccc(C)c2O)c1. The molecule has 0 saturated carbocycles. The number of sulfone groups is 1. The summed E-state index contributed by atoms with van der Waals surface area (Å²) in [6.07, 6.45) is 0. The van der Waals surface area contributed by atoms with Gasteiger partial charge >= 0.3 is 0 Å². The van der Waals surface area contributed by atoms with Crippen molar-refractivity contribution in [2.75, 3.05) is 0 Å². The lowest BCUT2D eigenvalue weighted by molar-refractivity contribution is 0.453. The van der Waals surface area contributed by atoms with Crippen LogP contribution in [0.5, 0.6) is 11.5 Å². The van der Waals surface area contributed by atoms with Gasteiger partial charge in [0.25, 0.3) is 0 Å². The van der Waals surface area contributed by atoms with Crippen molar-refractivity contribution in [2.45, 2.75) is 30.6 Å². The Hall–Kier alpha value is -2.01. The van der Waals surface area contributed by atoms with E-state index in [-0.39, 0.29) is 21.3 Å². The van der Waals surface area contributed by atoms with Crippen LogP contribution in [-0.4, -0.2) is 18.6 Å². The maximum Gasteiger partial charge on any atom is 0.210 e. The Labute approximate surface area is 118 Å². The van der Waals surface area contributed by atoms with E-state index in [0.717, 1.165) is 0 Å². The molecule has 0 atom stereocenters. The van der Waals surface area contributed by atoms with Crippen molar-refractivity contribution >= 4 is 9.84 Å². The van der Waals surface area contributed by atoms with Crippen molar-refractivity contribution < 1.29 is 18.6 Å². The summed E-state index contributed by atoms with van der Waals surface area (Å²) in [6.45, 7) is 4.96. The van der Waals surface area contributed by atoms with E-state index in [1.54, 1.807) is 32.9 Å². The van der Waals surface area contributed by atoms with Crippen molar-refractivity contribution in [3.63, 3.8) is 0 Å². The molecule has 2 aromatic rings. The molecule has 0 bridgehead atoms. The first-order chi connectivity index (χ1) is 9.23. The fraction of sp³-hybridized carbons (Fsp3) is 0.200. The van der Waals surface area contributed by atoms with Crippen LogP contribution in [0.1, 0.15) is 16.7 Å². The summed E-state index contributed by atoms with van der Waals surface area (Å²) in [6, 6.07) is 7.44. The summed E-state index contributed by atoms with van der Waals surface area (Å²) in [5.41, 5.74) is 1.59. The van der Waals surface area contributed by atoms with Gasteiger partial charge in [0, 0.05) is 0 Å². The molecule has 0 unspecified atom stereocenters. The van der Waals surface area contributed by atoms with Crippen LogP contribution in [-0.2, 0) is 9.84 Å². The summed E-state index contributed by atoms with van der Waals surface area (Å²) in [7, 11) is -3.88. The lowest BCUT2D eigenvalue weighted by Crippen LogP contribution is -2.05. The largest absolute Gasteiger partial charge is 0.508 e. The molecule has 2 rings (SSSR count). The maximum absolute atomic E-state index is 12.7. The molecule has 0 spiro atoms. The smallest absolute Gasteiger partial charge is 0.210 e. The minimum absolute atomic E-state index is 0.0287. The topological polar surface area (TPSA) is 74.6 Å². The average Bonchev–Trinajstić information content (AvgIpc) is 2.33. The van der Waals surface area contributed by atoms with E-state index in [2.05, 4.69) is 0 Å². The van der Waals surface area contributed by atoms with Crippen LogP contribution in [0, 0.1) is 20.8 Å². The zero-order valence-corrected chi connectivity index (χ0v) is 12.3. The molecule has 0 amide bonds. The van der Waals surface area contributed by atoms with Crippen LogP contribution in [0.2, 0.25) is 0 Å². The lowest BCUT2D eigenvalue weighted by Gasteiger charge is -2.12. The molecule has 2 aromatic carbocycles. The van der Waals surface area contributed by atoms with Crippen LogP contribution in [0.3, 0.4) is 0 Å². The number of aryl methyl sites for hydroxylation is 3. The average molecular weight is 292 g/mol. The molecular formula is C15H16O4S. The maximum atomic E-state index is 12.7. The number of rotatable bonds is 2. The van der Waals surface area contributed by atoms with E-state index in [1.807, 2.05) is 0 Å². The first-order valence-corrected chi connectivity index (χ1v) is 7.56. The zero-order chi connectivity index (χ0) is 15.1. The van der Waals surface area contributed by atoms with E-state index in [9.17, 15) is 18.6 Å². The van der Waals surface area contributed by atoms with Gasteiger partial charge in [-0.1, -0.05) is 12.1 Å². The summed E-state index contributed by atoms with van der Waals surface area (Å²) in [5.74, 6) is -0.362. The number of phenols is 2. The van der Waals surface area contributed by atoms with Crippen LogP contribution < -0.4 is 0 Å². The van der Waals surface area contributed by atoms with Gasteiger partial charge in [-0.2, -0.15) is 0 Å². The summed E-state index contributed by atoms with van der Waals surface area (Å²) in [4.78, 5) is -0.137. The van der Waals surface area contributed by atoms with Gasteiger partial charge in [0.15, 0.2) is 0 Å². The summed E-state index contributed by atoms with van der Waals surface area (Å²) in [5, 5.41) is 19.6. The van der Waals surface area contributed by atoms with Crippen LogP contribution in [0.25, 0.3) is 0 Å². The van der Waals surface area contributed by atoms with E-state index in [4.69, 9.17) is 0 Å². The molecular weight excluding hydrogens is 276 g/mol. The van der Waals surface area contributed by atoms with E-state index >= 15 is 0 Å². The monoisotopic (exact) mass is 292 g/mol. The van der Waals surface area contributed by atoms with E-state index in [0.29, 0.717) is 16.7 Å². The third kappa shape index (κ3) is 2.36. The predicted molar refractivity (Wildman–Crippen MR) is 75.9 cm³/mol. The summed E-state index contributed by atoms with van der Waals surface area (Å²) >= 11 is 0. The van der Waals surface area contributed by atoms with Gasteiger partial charge in [-0.3, -0.25) is 0 Å². The predicted octanol–water partition coefficient (Wildman–Crippen LogP) is 2.86. The van der Waals surface area contributed by atoms with Gasteiger partial charge in [-0.05, 0) is 55.7 Å². The fourth-order valence-corrected chi connectivity index (χ4v) is 3.87. The van der Waals surface area contributed by atoms with E-state index < -0.39 is 9.84 Å². The van der Waals surface area contributed by atoms with Gasteiger partial charge in [-0.25, -0.2) is 8.42 Å². The van der Waals surface area contributed by atoms with Crippen LogP contribution in [0.4, 0.5) is 0 Å². The van der Waals surface area contributed by atoms with Crippen molar-refractivity contribution in [1.29, 1.82) is 0 Å². The minimum atomic E-state index is -3.88. The first kappa shape index (κ1) is 14.4. The second kappa shape index (κ2) is 4.83. The number of phenolic OH excluding ortho intramolecular Hbond substituents is 2. The highest BCUT2D eigenvalue weighted by Crippen LogP contribution is 2.35. The molecule has 0 aromatic heterocycles. The number of aromatic hydroxyl groups is 2. The molecule has 0 saturated heterocycles. The molecule has 0 radical (unpaired) electrons. The molecule has 20 heavy (non-hydrogen) atoms. The minimum Gasteiger partial charge on any atom is -0.508 e. The van der Waals surface area contributed by atoms with Crippen molar-refractivity contribution in [1.82, 2.24) is 0 Å². The number of hydrogen-bond donors (Lipinski definition) is 2. The second-order valence-electron chi connectivity index (χ2n) is 4.88. The van der Waals surface area contributed by atoms with E-state index in [1.165, 1.54) is 18.2 Å². The Balaban J connectivity index is 2.77. The molecule has 5 heteroatoms. The molecule has 2 N–H and O–H groups in total. The Bertz CT molecular complexity index is 756. The number of benzene rings is 2. The van der Waals surface area contributed by atoms with Gasteiger partial charge < -0.3 is 10.2 Å². The highest BCUT2D eigenvalue weighted by molar-refractivity contribution is 7.91. The molecule has 0 fully saturated rings. The van der Waals surface area contributed by atoms with Crippen LogP contribution in [0.15, 0.2) is 40.1 Å². The normalized spacial score (nSPS) is 11.6. The van der Waals surface area contributed by atoms with Crippen LogP contribution >= 0.6 is 0 Å². The Morgan fingerprint density at radius 3 is 2.10 bits per heavy atom. The highest BCUT2D eigenvalue weighted by Gasteiger charge is 2.25. The Kier molecular flexibility index (Phi) is 3.48. The number of hydrogen-bond acceptors (Lipinski definition) is 4.